The van der Waals surface area contributed by atoms with E-state index in [4.69, 9.17) is 4.74 Å². The molecule has 0 N–H and O–H groups in total. The number of likely N-dealkylation sites (tertiary alicyclic amines) is 1. The van der Waals surface area contributed by atoms with E-state index in [-0.39, 0.29) is 12.1 Å². The first-order valence-corrected chi connectivity index (χ1v) is 5.79. The Morgan fingerprint density at radius 1 is 1.50 bits per heavy atom. The summed E-state index contributed by atoms with van der Waals surface area (Å²) in [5.74, 6) is 0. The van der Waals surface area contributed by atoms with Gasteiger partial charge in [-0.1, -0.05) is 6.58 Å². The summed E-state index contributed by atoms with van der Waals surface area (Å²) in [7, 11) is 0. The van der Waals surface area contributed by atoms with Crippen molar-refractivity contribution >= 4 is 6.09 Å². The number of amides is 1. The van der Waals surface area contributed by atoms with E-state index in [0.29, 0.717) is 0 Å². The summed E-state index contributed by atoms with van der Waals surface area (Å²) < 4.78 is 5.37. The average Bonchev–Trinajstić information content (AvgIpc) is 2.16. The summed E-state index contributed by atoms with van der Waals surface area (Å²) in [5.41, 5.74) is 2.33. The number of carbonyl (C=O) groups excluding carboxylic acids is 1. The van der Waals surface area contributed by atoms with Gasteiger partial charge in [0, 0.05) is 6.54 Å². The van der Waals surface area contributed by atoms with E-state index in [0.717, 1.165) is 25.8 Å². The topological polar surface area (TPSA) is 29.5 Å². The van der Waals surface area contributed by atoms with Gasteiger partial charge in [0.2, 0.25) is 0 Å². The third-order valence-electron chi connectivity index (χ3n) is 2.49. The Morgan fingerprint density at radius 3 is 2.75 bits per heavy atom. The van der Waals surface area contributed by atoms with E-state index in [9.17, 15) is 4.79 Å². The number of hydrogen-bond acceptors (Lipinski definition) is 2. The van der Waals surface area contributed by atoms with E-state index in [1.54, 1.807) is 4.90 Å². The SMILES string of the molecule is C=C=CC1CCCCN1C(=O)OC(C)(C)C. The number of carbonyl (C=O) groups is 1. The molecule has 3 heteroatoms. The van der Waals surface area contributed by atoms with Gasteiger partial charge in [0.25, 0.3) is 0 Å². The van der Waals surface area contributed by atoms with Crippen molar-refractivity contribution in [2.75, 3.05) is 6.54 Å². The zero-order valence-electron chi connectivity index (χ0n) is 10.5. The predicted molar refractivity (Wildman–Crippen MR) is 64.3 cm³/mol. The Balaban J connectivity index is 2.68. The van der Waals surface area contributed by atoms with Crippen molar-refractivity contribution < 1.29 is 9.53 Å². The van der Waals surface area contributed by atoms with E-state index < -0.39 is 5.60 Å². The second-order valence-corrected chi connectivity index (χ2v) is 5.11. The molecule has 1 rings (SSSR count). The molecule has 0 radical (unpaired) electrons. The van der Waals surface area contributed by atoms with Gasteiger partial charge in [0.15, 0.2) is 0 Å². The van der Waals surface area contributed by atoms with Crippen LogP contribution in [0, 0.1) is 0 Å². The molecule has 90 valence electrons. The van der Waals surface area contributed by atoms with Crippen molar-refractivity contribution in [3.63, 3.8) is 0 Å². The van der Waals surface area contributed by atoms with Crippen molar-refractivity contribution in [3.8, 4) is 0 Å². The smallest absolute Gasteiger partial charge is 0.410 e. The maximum atomic E-state index is 11.9. The molecule has 16 heavy (non-hydrogen) atoms. The van der Waals surface area contributed by atoms with E-state index in [1.165, 1.54) is 0 Å². The first-order valence-electron chi connectivity index (χ1n) is 5.79. The Labute approximate surface area is 97.8 Å². The second-order valence-electron chi connectivity index (χ2n) is 5.11. The van der Waals surface area contributed by atoms with Crippen LogP contribution < -0.4 is 0 Å². The van der Waals surface area contributed by atoms with Crippen LogP contribution in [-0.2, 0) is 4.74 Å². The lowest BCUT2D eigenvalue weighted by atomic mass is 10.0. The highest BCUT2D eigenvalue weighted by molar-refractivity contribution is 5.69. The van der Waals surface area contributed by atoms with Crippen LogP contribution in [0.5, 0.6) is 0 Å². The molecule has 0 aromatic heterocycles. The number of nitrogens with zero attached hydrogens (tertiary/aromatic N) is 1. The Bertz CT molecular complexity index is 298. The first kappa shape index (κ1) is 12.9. The number of rotatable bonds is 1. The third-order valence-corrected chi connectivity index (χ3v) is 2.49. The van der Waals surface area contributed by atoms with Gasteiger partial charge in [0.1, 0.15) is 5.60 Å². The molecule has 1 atom stereocenters. The molecular weight excluding hydrogens is 202 g/mol. The van der Waals surface area contributed by atoms with Gasteiger partial charge in [-0.2, -0.15) is 0 Å². The number of piperidine rings is 1. The summed E-state index contributed by atoms with van der Waals surface area (Å²) in [4.78, 5) is 13.7. The van der Waals surface area contributed by atoms with Gasteiger partial charge in [-0.3, -0.25) is 0 Å². The fourth-order valence-corrected chi connectivity index (χ4v) is 1.81. The molecule has 1 fully saturated rings. The lowest BCUT2D eigenvalue weighted by Crippen LogP contribution is -2.45. The van der Waals surface area contributed by atoms with Crippen LogP contribution in [0.4, 0.5) is 4.79 Å². The van der Waals surface area contributed by atoms with Crippen molar-refractivity contribution in [2.24, 2.45) is 0 Å². The number of ether oxygens (including phenoxy) is 1. The summed E-state index contributed by atoms with van der Waals surface area (Å²) in [5, 5.41) is 0. The van der Waals surface area contributed by atoms with Crippen molar-refractivity contribution in [3.05, 3.63) is 18.4 Å². The lowest BCUT2D eigenvalue weighted by molar-refractivity contribution is 0.0150. The average molecular weight is 223 g/mol. The monoisotopic (exact) mass is 223 g/mol. The van der Waals surface area contributed by atoms with E-state index in [2.05, 4.69) is 12.3 Å². The zero-order valence-corrected chi connectivity index (χ0v) is 10.5. The van der Waals surface area contributed by atoms with E-state index >= 15 is 0 Å². The lowest BCUT2D eigenvalue weighted by Gasteiger charge is -2.34. The predicted octanol–water partition coefficient (Wildman–Crippen LogP) is 3.12. The molecule has 0 spiro atoms. The van der Waals surface area contributed by atoms with Gasteiger partial charge in [-0.25, -0.2) is 4.79 Å². The third kappa shape index (κ3) is 3.74. The van der Waals surface area contributed by atoms with Crippen molar-refractivity contribution in [1.82, 2.24) is 4.90 Å². The molecule has 1 heterocycles. The zero-order chi connectivity index (χ0) is 12.2. The van der Waals surface area contributed by atoms with Crippen LogP contribution in [-0.4, -0.2) is 29.2 Å². The molecule has 1 amide bonds. The van der Waals surface area contributed by atoms with Crippen LogP contribution in [0.15, 0.2) is 18.4 Å². The van der Waals surface area contributed by atoms with Crippen molar-refractivity contribution in [2.45, 2.75) is 51.7 Å². The van der Waals surface area contributed by atoms with Crippen molar-refractivity contribution in [1.29, 1.82) is 0 Å². The number of hydrogen-bond donors (Lipinski definition) is 0. The fraction of sp³-hybridized carbons (Fsp3) is 0.692. The molecule has 1 unspecified atom stereocenters. The summed E-state index contributed by atoms with van der Waals surface area (Å²) in [6.45, 7) is 9.97. The second kappa shape index (κ2) is 5.22. The summed E-state index contributed by atoms with van der Waals surface area (Å²) in [6.07, 6.45) is 4.77. The Kier molecular flexibility index (Phi) is 4.19. The highest BCUT2D eigenvalue weighted by atomic mass is 16.6. The molecule has 0 aromatic carbocycles. The van der Waals surface area contributed by atoms with Gasteiger partial charge < -0.3 is 9.64 Å². The molecule has 0 bridgehead atoms. The van der Waals surface area contributed by atoms with Gasteiger partial charge in [-0.15, -0.1) is 5.73 Å². The van der Waals surface area contributed by atoms with Crippen LogP contribution in [0.1, 0.15) is 40.0 Å². The Hall–Kier alpha value is -1.21. The standard InChI is InChI=1S/C13H21NO2/c1-5-8-11-9-6-7-10-14(11)12(15)16-13(2,3)4/h8,11H,1,6-7,9-10H2,2-4H3. The summed E-state index contributed by atoms with van der Waals surface area (Å²) >= 11 is 0. The molecule has 0 aliphatic carbocycles. The normalized spacial score (nSPS) is 21.2. The first-order chi connectivity index (χ1) is 7.44. The molecule has 3 nitrogen and oxygen atoms in total. The molecule has 0 aromatic rings. The van der Waals surface area contributed by atoms with Crippen LogP contribution in [0.25, 0.3) is 0 Å². The van der Waals surface area contributed by atoms with Crippen LogP contribution in [0.2, 0.25) is 0 Å². The highest BCUT2D eigenvalue weighted by Gasteiger charge is 2.28. The quantitative estimate of drug-likeness (QED) is 0.639. The van der Waals surface area contributed by atoms with Gasteiger partial charge in [0.05, 0.1) is 6.04 Å². The largest absolute Gasteiger partial charge is 0.444 e. The maximum Gasteiger partial charge on any atom is 0.410 e. The van der Waals surface area contributed by atoms with Gasteiger partial charge >= 0.3 is 6.09 Å². The fourth-order valence-electron chi connectivity index (χ4n) is 1.81. The molecule has 0 saturated carbocycles. The maximum absolute atomic E-state index is 11.9. The minimum Gasteiger partial charge on any atom is -0.444 e. The molecular formula is C13H21NO2. The minimum atomic E-state index is -0.434. The highest BCUT2D eigenvalue weighted by Crippen LogP contribution is 2.20. The van der Waals surface area contributed by atoms with Crippen LogP contribution >= 0.6 is 0 Å². The molecule has 1 aliphatic heterocycles. The van der Waals surface area contributed by atoms with Gasteiger partial charge in [-0.05, 0) is 46.1 Å². The molecule has 1 aliphatic rings. The molecule has 1 saturated heterocycles. The summed E-state index contributed by atoms with van der Waals surface area (Å²) in [6, 6.07) is 0.0982. The Morgan fingerprint density at radius 2 is 2.19 bits per heavy atom. The minimum absolute atomic E-state index is 0.0982. The van der Waals surface area contributed by atoms with E-state index in [1.807, 2.05) is 26.8 Å². The van der Waals surface area contributed by atoms with Crippen LogP contribution in [0.3, 0.4) is 0 Å².